The SMILES string of the molecule is CC(C)(F)c1cccc(C(=O)CCN)c1. The van der Waals surface area contributed by atoms with Gasteiger partial charge in [0.05, 0.1) is 0 Å². The summed E-state index contributed by atoms with van der Waals surface area (Å²) in [5.41, 5.74) is 4.93. The monoisotopic (exact) mass is 209 g/mol. The lowest BCUT2D eigenvalue weighted by molar-refractivity contribution is 0.0985. The molecule has 0 atom stereocenters. The molecule has 0 radical (unpaired) electrons. The maximum Gasteiger partial charge on any atom is 0.164 e. The van der Waals surface area contributed by atoms with Gasteiger partial charge in [-0.1, -0.05) is 18.2 Å². The number of carbonyl (C=O) groups excluding carboxylic acids is 1. The van der Waals surface area contributed by atoms with E-state index in [9.17, 15) is 9.18 Å². The number of rotatable bonds is 4. The van der Waals surface area contributed by atoms with Crippen LogP contribution < -0.4 is 5.73 Å². The van der Waals surface area contributed by atoms with Crippen LogP contribution in [0.4, 0.5) is 4.39 Å². The molecule has 0 fully saturated rings. The van der Waals surface area contributed by atoms with Gasteiger partial charge in [0.25, 0.3) is 0 Å². The van der Waals surface area contributed by atoms with E-state index in [1.807, 2.05) is 0 Å². The Kier molecular flexibility index (Phi) is 3.58. The first kappa shape index (κ1) is 11.9. The van der Waals surface area contributed by atoms with Crippen LogP contribution in [0.3, 0.4) is 0 Å². The molecule has 0 saturated carbocycles. The number of hydrogen-bond donors (Lipinski definition) is 1. The van der Waals surface area contributed by atoms with Crippen LogP contribution in [0.5, 0.6) is 0 Å². The van der Waals surface area contributed by atoms with Crippen molar-refractivity contribution >= 4 is 5.78 Å². The molecule has 1 aromatic rings. The number of ketones is 1. The highest BCUT2D eigenvalue weighted by molar-refractivity contribution is 5.96. The van der Waals surface area contributed by atoms with Crippen molar-refractivity contribution in [2.45, 2.75) is 25.9 Å². The zero-order valence-corrected chi connectivity index (χ0v) is 9.09. The molecule has 2 N–H and O–H groups in total. The highest BCUT2D eigenvalue weighted by atomic mass is 19.1. The van der Waals surface area contributed by atoms with Crippen molar-refractivity contribution in [2.75, 3.05) is 6.54 Å². The minimum atomic E-state index is -1.42. The topological polar surface area (TPSA) is 43.1 Å². The molecule has 15 heavy (non-hydrogen) atoms. The van der Waals surface area contributed by atoms with Gasteiger partial charge in [0, 0.05) is 12.0 Å². The van der Waals surface area contributed by atoms with Gasteiger partial charge in [-0.3, -0.25) is 4.79 Å². The lowest BCUT2D eigenvalue weighted by atomic mass is 9.96. The number of benzene rings is 1. The molecule has 0 aromatic heterocycles. The number of alkyl halides is 1. The van der Waals surface area contributed by atoms with Crippen LogP contribution in [0.25, 0.3) is 0 Å². The van der Waals surface area contributed by atoms with Gasteiger partial charge in [-0.2, -0.15) is 0 Å². The Labute approximate surface area is 89.3 Å². The fourth-order valence-corrected chi connectivity index (χ4v) is 1.34. The van der Waals surface area contributed by atoms with Crippen LogP contribution in [-0.2, 0) is 5.67 Å². The molecule has 3 heteroatoms. The summed E-state index contributed by atoms with van der Waals surface area (Å²) >= 11 is 0. The van der Waals surface area contributed by atoms with Crippen LogP contribution >= 0.6 is 0 Å². The van der Waals surface area contributed by atoms with Gasteiger partial charge in [-0.05, 0) is 32.0 Å². The molecule has 0 spiro atoms. The third-order valence-electron chi connectivity index (χ3n) is 2.24. The Morgan fingerprint density at radius 3 is 2.67 bits per heavy atom. The predicted molar refractivity (Wildman–Crippen MR) is 58.6 cm³/mol. The molecule has 0 aliphatic rings. The third kappa shape index (κ3) is 3.13. The second kappa shape index (κ2) is 4.53. The summed E-state index contributed by atoms with van der Waals surface area (Å²) in [6.45, 7) is 3.27. The minimum absolute atomic E-state index is 0.0383. The number of halogens is 1. The van der Waals surface area contributed by atoms with Gasteiger partial charge >= 0.3 is 0 Å². The van der Waals surface area contributed by atoms with E-state index >= 15 is 0 Å². The van der Waals surface area contributed by atoms with Gasteiger partial charge < -0.3 is 5.73 Å². The molecule has 0 saturated heterocycles. The standard InChI is InChI=1S/C12H16FNO/c1-12(2,13)10-5-3-4-9(8-10)11(15)6-7-14/h3-5,8H,6-7,14H2,1-2H3. The van der Waals surface area contributed by atoms with Crippen LogP contribution in [0.1, 0.15) is 36.2 Å². The maximum atomic E-state index is 13.6. The highest BCUT2D eigenvalue weighted by Crippen LogP contribution is 2.25. The van der Waals surface area contributed by atoms with Gasteiger partial charge in [-0.25, -0.2) is 4.39 Å². The molecule has 0 unspecified atom stereocenters. The van der Waals surface area contributed by atoms with Crippen LogP contribution in [-0.4, -0.2) is 12.3 Å². The zero-order chi connectivity index (χ0) is 11.5. The average molecular weight is 209 g/mol. The molecule has 1 aromatic carbocycles. The third-order valence-corrected chi connectivity index (χ3v) is 2.24. The minimum Gasteiger partial charge on any atom is -0.330 e. The van der Waals surface area contributed by atoms with Crippen molar-refractivity contribution in [3.8, 4) is 0 Å². The summed E-state index contributed by atoms with van der Waals surface area (Å²) in [5, 5.41) is 0. The number of Topliss-reactive ketones (excluding diaryl/α,β-unsaturated/α-hetero) is 1. The van der Waals surface area contributed by atoms with Crippen LogP contribution in [0.2, 0.25) is 0 Å². The normalized spacial score (nSPS) is 11.5. The predicted octanol–water partition coefficient (Wildman–Crippen LogP) is 2.42. The first-order valence-corrected chi connectivity index (χ1v) is 4.98. The Morgan fingerprint density at radius 1 is 1.47 bits per heavy atom. The molecule has 82 valence electrons. The molecule has 0 amide bonds. The highest BCUT2D eigenvalue weighted by Gasteiger charge is 2.19. The Hall–Kier alpha value is -1.22. The number of nitrogens with two attached hydrogens (primary N) is 1. The van der Waals surface area contributed by atoms with Crippen LogP contribution in [0, 0.1) is 0 Å². The van der Waals surface area contributed by atoms with E-state index < -0.39 is 5.67 Å². The number of hydrogen-bond acceptors (Lipinski definition) is 2. The van der Waals surface area contributed by atoms with E-state index in [4.69, 9.17) is 5.73 Å². The summed E-state index contributed by atoms with van der Waals surface area (Å²) in [7, 11) is 0. The van der Waals surface area contributed by atoms with E-state index in [1.165, 1.54) is 13.8 Å². The van der Waals surface area contributed by atoms with E-state index in [0.717, 1.165) is 0 Å². The molecule has 0 heterocycles. The smallest absolute Gasteiger partial charge is 0.164 e. The van der Waals surface area contributed by atoms with Crippen molar-refractivity contribution in [1.29, 1.82) is 0 Å². The van der Waals surface area contributed by atoms with Gasteiger partial charge in [0.1, 0.15) is 5.67 Å². The van der Waals surface area contributed by atoms with Crippen molar-refractivity contribution < 1.29 is 9.18 Å². The van der Waals surface area contributed by atoms with Crippen molar-refractivity contribution in [3.05, 3.63) is 35.4 Å². The van der Waals surface area contributed by atoms with E-state index in [-0.39, 0.29) is 5.78 Å². The molecule has 2 nitrogen and oxygen atoms in total. The van der Waals surface area contributed by atoms with Gasteiger partial charge in [0.2, 0.25) is 0 Å². The summed E-state index contributed by atoms with van der Waals surface area (Å²) in [4.78, 5) is 11.5. The summed E-state index contributed by atoms with van der Waals surface area (Å²) in [5.74, 6) is -0.0383. The van der Waals surface area contributed by atoms with Crippen molar-refractivity contribution in [1.82, 2.24) is 0 Å². The average Bonchev–Trinajstić information content (AvgIpc) is 2.17. The molecule has 1 rings (SSSR count). The van der Waals surface area contributed by atoms with Crippen LogP contribution in [0.15, 0.2) is 24.3 Å². The molecular weight excluding hydrogens is 193 g/mol. The first-order valence-electron chi connectivity index (χ1n) is 4.98. The van der Waals surface area contributed by atoms with E-state index in [1.54, 1.807) is 24.3 Å². The van der Waals surface area contributed by atoms with Gasteiger partial charge in [-0.15, -0.1) is 0 Å². The lowest BCUT2D eigenvalue weighted by Crippen LogP contribution is -2.12. The second-order valence-corrected chi connectivity index (χ2v) is 4.02. The number of carbonyl (C=O) groups is 1. The Morgan fingerprint density at radius 2 is 2.13 bits per heavy atom. The quantitative estimate of drug-likeness (QED) is 0.774. The largest absolute Gasteiger partial charge is 0.330 e. The fourth-order valence-electron chi connectivity index (χ4n) is 1.34. The zero-order valence-electron chi connectivity index (χ0n) is 9.09. The maximum absolute atomic E-state index is 13.6. The Balaban J connectivity index is 2.98. The molecule has 0 bridgehead atoms. The van der Waals surface area contributed by atoms with Crippen molar-refractivity contribution in [3.63, 3.8) is 0 Å². The summed E-state index contributed by atoms with van der Waals surface area (Å²) < 4.78 is 13.6. The molecule has 0 aliphatic carbocycles. The molecular formula is C12H16FNO. The molecule has 0 aliphatic heterocycles. The first-order chi connectivity index (χ1) is 6.95. The Bertz CT molecular complexity index is 355. The van der Waals surface area contributed by atoms with E-state index in [2.05, 4.69) is 0 Å². The lowest BCUT2D eigenvalue weighted by Gasteiger charge is -2.15. The summed E-state index contributed by atoms with van der Waals surface area (Å²) in [6.07, 6.45) is 0.302. The van der Waals surface area contributed by atoms with Crippen molar-refractivity contribution in [2.24, 2.45) is 5.73 Å². The van der Waals surface area contributed by atoms with E-state index in [0.29, 0.717) is 24.1 Å². The summed E-state index contributed by atoms with van der Waals surface area (Å²) in [6, 6.07) is 6.66. The van der Waals surface area contributed by atoms with Gasteiger partial charge in [0.15, 0.2) is 5.78 Å². The second-order valence-electron chi connectivity index (χ2n) is 4.02. The fraction of sp³-hybridized carbons (Fsp3) is 0.417.